The summed E-state index contributed by atoms with van der Waals surface area (Å²) >= 11 is 9.65. The average molecular weight is 289 g/mol. The molecule has 0 N–H and O–H groups in total. The van der Waals surface area contributed by atoms with Crippen LogP contribution in [0.4, 0.5) is 0 Å². The molecule has 0 amide bonds. The van der Waals surface area contributed by atoms with E-state index in [1.807, 2.05) is 13.0 Å². The van der Waals surface area contributed by atoms with Crippen LogP contribution in [0.25, 0.3) is 10.1 Å². The third kappa shape index (κ3) is 1.66. The zero-order valence-corrected chi connectivity index (χ0v) is 10.9. The highest BCUT2D eigenvalue weighted by atomic mass is 79.9. The zero-order chi connectivity index (χ0) is 10.1. The molecule has 0 saturated carbocycles. The molecule has 1 heterocycles. The molecule has 0 fully saturated rings. The number of ether oxygens (including phenoxy) is 1. The van der Waals surface area contributed by atoms with Crippen molar-refractivity contribution < 1.29 is 4.74 Å². The van der Waals surface area contributed by atoms with Gasteiger partial charge in [0.15, 0.2) is 0 Å². The lowest BCUT2D eigenvalue weighted by atomic mass is 10.2. The SMILES string of the molecule is CCOc1ccc2c(Br)csc2c1S. The van der Waals surface area contributed by atoms with Gasteiger partial charge in [-0.15, -0.1) is 24.0 Å². The minimum absolute atomic E-state index is 0.672. The van der Waals surface area contributed by atoms with Crippen molar-refractivity contribution in [2.24, 2.45) is 0 Å². The van der Waals surface area contributed by atoms with Crippen molar-refractivity contribution in [3.63, 3.8) is 0 Å². The van der Waals surface area contributed by atoms with E-state index in [-0.39, 0.29) is 0 Å². The average Bonchev–Trinajstić information content (AvgIpc) is 2.54. The molecule has 74 valence electrons. The second kappa shape index (κ2) is 4.13. The van der Waals surface area contributed by atoms with Gasteiger partial charge in [0, 0.05) is 15.2 Å². The van der Waals surface area contributed by atoms with Crippen LogP contribution in [-0.4, -0.2) is 6.61 Å². The van der Waals surface area contributed by atoms with Gasteiger partial charge >= 0.3 is 0 Å². The van der Waals surface area contributed by atoms with Gasteiger partial charge in [-0.1, -0.05) is 0 Å². The maximum Gasteiger partial charge on any atom is 0.134 e. The molecule has 0 spiro atoms. The minimum Gasteiger partial charge on any atom is -0.493 e. The Bertz CT molecular complexity index is 464. The summed E-state index contributed by atoms with van der Waals surface area (Å²) in [6, 6.07) is 4.02. The zero-order valence-electron chi connectivity index (χ0n) is 7.58. The van der Waals surface area contributed by atoms with Crippen LogP contribution in [0.5, 0.6) is 5.75 Å². The predicted octanol–water partition coefficient (Wildman–Crippen LogP) is 4.35. The number of hydrogen-bond acceptors (Lipinski definition) is 3. The lowest BCUT2D eigenvalue weighted by Gasteiger charge is -2.06. The second-order valence-corrected chi connectivity index (χ2v) is 4.99. The Hall–Kier alpha value is -0.190. The van der Waals surface area contributed by atoms with E-state index in [4.69, 9.17) is 4.74 Å². The number of hydrogen-bond donors (Lipinski definition) is 1. The predicted molar refractivity (Wildman–Crippen MR) is 67.9 cm³/mol. The number of rotatable bonds is 2. The van der Waals surface area contributed by atoms with Crippen molar-refractivity contribution in [1.29, 1.82) is 0 Å². The first-order valence-corrected chi connectivity index (χ1v) is 6.37. The Morgan fingerprint density at radius 3 is 3.00 bits per heavy atom. The molecule has 0 unspecified atom stereocenters. The summed E-state index contributed by atoms with van der Waals surface area (Å²) in [5, 5.41) is 3.27. The number of thiophene rings is 1. The van der Waals surface area contributed by atoms with Crippen LogP contribution in [0.3, 0.4) is 0 Å². The van der Waals surface area contributed by atoms with Crippen LogP contribution in [0.15, 0.2) is 26.9 Å². The molecule has 0 aliphatic rings. The third-order valence-corrected chi connectivity index (χ3v) is 4.50. The fourth-order valence-electron chi connectivity index (χ4n) is 1.31. The summed E-state index contributed by atoms with van der Waals surface area (Å²) in [7, 11) is 0. The molecule has 0 atom stereocenters. The van der Waals surface area contributed by atoms with Crippen molar-refractivity contribution in [3.8, 4) is 5.75 Å². The lowest BCUT2D eigenvalue weighted by molar-refractivity contribution is 0.333. The fourth-order valence-corrected chi connectivity index (χ4v) is 3.33. The Balaban J connectivity index is 2.63. The van der Waals surface area contributed by atoms with E-state index in [1.165, 1.54) is 10.1 Å². The number of halogens is 1. The van der Waals surface area contributed by atoms with Gasteiger partial charge in [-0.2, -0.15) is 0 Å². The van der Waals surface area contributed by atoms with Crippen LogP contribution < -0.4 is 4.74 Å². The van der Waals surface area contributed by atoms with E-state index in [0.717, 1.165) is 15.1 Å². The molecule has 1 aromatic heterocycles. The maximum absolute atomic E-state index is 5.47. The lowest BCUT2D eigenvalue weighted by Crippen LogP contribution is -1.91. The first-order chi connectivity index (χ1) is 6.74. The molecular formula is C10H9BrOS2. The van der Waals surface area contributed by atoms with Crippen molar-refractivity contribution >= 4 is 50.0 Å². The minimum atomic E-state index is 0.672. The maximum atomic E-state index is 5.47. The second-order valence-electron chi connectivity index (χ2n) is 2.81. The van der Waals surface area contributed by atoms with Crippen LogP contribution >= 0.6 is 39.9 Å². The molecule has 2 rings (SSSR count). The summed E-state index contributed by atoms with van der Waals surface area (Å²) in [5.41, 5.74) is 0. The van der Waals surface area contributed by atoms with E-state index in [0.29, 0.717) is 6.61 Å². The molecule has 0 radical (unpaired) electrons. The van der Waals surface area contributed by atoms with E-state index < -0.39 is 0 Å². The first-order valence-electron chi connectivity index (χ1n) is 4.25. The highest BCUT2D eigenvalue weighted by Gasteiger charge is 2.08. The molecule has 1 nitrogen and oxygen atoms in total. The van der Waals surface area contributed by atoms with Crippen molar-refractivity contribution in [1.82, 2.24) is 0 Å². The van der Waals surface area contributed by atoms with Gasteiger partial charge in [0.05, 0.1) is 16.2 Å². The largest absolute Gasteiger partial charge is 0.493 e. The molecular weight excluding hydrogens is 280 g/mol. The summed E-state index contributed by atoms with van der Waals surface area (Å²) in [4.78, 5) is 0.931. The smallest absolute Gasteiger partial charge is 0.134 e. The standard InChI is InChI=1S/C10H9BrOS2/c1-2-12-8-4-3-6-7(11)5-14-10(6)9(8)13/h3-5,13H,2H2,1H3. The molecule has 14 heavy (non-hydrogen) atoms. The molecule has 2 aromatic rings. The monoisotopic (exact) mass is 288 g/mol. The van der Waals surface area contributed by atoms with Crippen molar-refractivity contribution in [3.05, 3.63) is 22.0 Å². The normalized spacial score (nSPS) is 10.8. The highest BCUT2D eigenvalue weighted by molar-refractivity contribution is 9.10. The van der Waals surface area contributed by atoms with E-state index in [1.54, 1.807) is 11.3 Å². The number of benzene rings is 1. The Labute approximate surface area is 101 Å². The van der Waals surface area contributed by atoms with E-state index in [9.17, 15) is 0 Å². The molecule has 1 aromatic carbocycles. The topological polar surface area (TPSA) is 9.23 Å². The summed E-state index contributed by atoms with van der Waals surface area (Å²) < 4.78 is 7.76. The van der Waals surface area contributed by atoms with Crippen LogP contribution in [0.1, 0.15) is 6.92 Å². The van der Waals surface area contributed by atoms with Crippen LogP contribution in [0.2, 0.25) is 0 Å². The summed E-state index contributed by atoms with van der Waals surface area (Å²) in [6.07, 6.45) is 0. The van der Waals surface area contributed by atoms with Gasteiger partial charge < -0.3 is 4.74 Å². The molecule has 0 saturated heterocycles. The van der Waals surface area contributed by atoms with Gasteiger partial charge in [0.25, 0.3) is 0 Å². The Morgan fingerprint density at radius 1 is 1.50 bits per heavy atom. The van der Waals surface area contributed by atoms with Gasteiger partial charge in [-0.05, 0) is 35.0 Å². The van der Waals surface area contributed by atoms with Gasteiger partial charge in [-0.3, -0.25) is 0 Å². The van der Waals surface area contributed by atoms with Gasteiger partial charge in [-0.25, -0.2) is 0 Å². The fraction of sp³-hybridized carbons (Fsp3) is 0.200. The number of fused-ring (bicyclic) bond motifs is 1. The van der Waals surface area contributed by atoms with Crippen molar-refractivity contribution in [2.75, 3.05) is 6.61 Å². The van der Waals surface area contributed by atoms with E-state index in [2.05, 4.69) is 40.0 Å². The Morgan fingerprint density at radius 2 is 2.29 bits per heavy atom. The molecule has 0 aliphatic heterocycles. The molecule has 0 aliphatic carbocycles. The molecule has 4 heteroatoms. The quantitative estimate of drug-likeness (QED) is 0.809. The summed E-state index contributed by atoms with van der Waals surface area (Å²) in [5.74, 6) is 0.859. The first kappa shape index (κ1) is 10.3. The summed E-state index contributed by atoms with van der Waals surface area (Å²) in [6.45, 7) is 2.65. The number of thiol groups is 1. The Kier molecular flexibility index (Phi) is 3.04. The van der Waals surface area contributed by atoms with E-state index >= 15 is 0 Å². The third-order valence-electron chi connectivity index (χ3n) is 1.93. The van der Waals surface area contributed by atoms with Gasteiger partial charge in [0.1, 0.15) is 5.75 Å². The van der Waals surface area contributed by atoms with Crippen molar-refractivity contribution in [2.45, 2.75) is 11.8 Å². The van der Waals surface area contributed by atoms with Gasteiger partial charge in [0.2, 0.25) is 0 Å². The highest BCUT2D eigenvalue weighted by Crippen LogP contribution is 2.38. The van der Waals surface area contributed by atoms with Crippen LogP contribution in [-0.2, 0) is 0 Å². The van der Waals surface area contributed by atoms with Crippen LogP contribution in [0, 0.1) is 0 Å². The molecule has 0 bridgehead atoms.